The van der Waals surface area contributed by atoms with Gasteiger partial charge in [0.2, 0.25) is 11.8 Å². The Morgan fingerprint density at radius 3 is 2.79 bits per heavy atom. The van der Waals surface area contributed by atoms with Gasteiger partial charge in [0, 0.05) is 38.2 Å². The highest BCUT2D eigenvalue weighted by Crippen LogP contribution is 2.38. The first kappa shape index (κ1) is 15.3. The Balaban J connectivity index is 1.31. The maximum Gasteiger partial charge on any atom is 0.229 e. The third-order valence-corrected chi connectivity index (χ3v) is 4.39. The molecular weight excluding hydrogens is 308 g/mol. The summed E-state index contributed by atoms with van der Waals surface area (Å²) in [6, 6.07) is 1.90. The van der Waals surface area contributed by atoms with Gasteiger partial charge in [0.05, 0.1) is 13.2 Å². The van der Waals surface area contributed by atoms with E-state index >= 15 is 0 Å². The second-order valence-electron chi connectivity index (χ2n) is 6.23. The Kier molecular flexibility index (Phi) is 4.29. The average molecular weight is 330 g/mol. The minimum atomic E-state index is 0.514. The molecule has 128 valence electrons. The number of rotatable bonds is 6. The third kappa shape index (κ3) is 3.48. The van der Waals surface area contributed by atoms with Crippen molar-refractivity contribution in [2.45, 2.75) is 32.2 Å². The predicted octanol–water partition coefficient (Wildman–Crippen LogP) is 1.46. The second kappa shape index (κ2) is 6.72. The van der Waals surface area contributed by atoms with E-state index in [2.05, 4.69) is 29.9 Å². The van der Waals surface area contributed by atoms with Crippen LogP contribution in [0, 0.1) is 0 Å². The normalized spacial score (nSPS) is 18.8. The van der Waals surface area contributed by atoms with Crippen LogP contribution in [0.25, 0.3) is 0 Å². The first-order valence-corrected chi connectivity index (χ1v) is 8.56. The van der Waals surface area contributed by atoms with Crippen LogP contribution in [0.15, 0.2) is 16.9 Å². The highest BCUT2D eigenvalue weighted by atomic mass is 16.5. The number of aromatic nitrogens is 4. The van der Waals surface area contributed by atoms with Gasteiger partial charge in [-0.15, -0.1) is 0 Å². The van der Waals surface area contributed by atoms with E-state index in [-0.39, 0.29) is 0 Å². The lowest BCUT2D eigenvalue weighted by atomic mass is 10.3. The van der Waals surface area contributed by atoms with E-state index in [9.17, 15) is 0 Å². The first-order chi connectivity index (χ1) is 11.8. The van der Waals surface area contributed by atoms with Gasteiger partial charge >= 0.3 is 0 Å². The number of piperazine rings is 1. The summed E-state index contributed by atoms with van der Waals surface area (Å²) in [6.07, 6.45) is 3.93. The van der Waals surface area contributed by atoms with Gasteiger partial charge in [-0.2, -0.15) is 4.98 Å². The Labute approximate surface area is 140 Å². The van der Waals surface area contributed by atoms with Crippen molar-refractivity contribution in [1.29, 1.82) is 0 Å². The highest BCUT2D eigenvalue weighted by molar-refractivity contribution is 5.41. The molecule has 4 rings (SSSR count). The smallest absolute Gasteiger partial charge is 0.229 e. The molecule has 0 amide bonds. The second-order valence-corrected chi connectivity index (χ2v) is 6.23. The highest BCUT2D eigenvalue weighted by Gasteiger charge is 2.30. The van der Waals surface area contributed by atoms with Crippen molar-refractivity contribution >= 4 is 5.82 Å². The maximum atomic E-state index is 5.45. The van der Waals surface area contributed by atoms with Gasteiger partial charge in [-0.05, 0) is 19.8 Å². The van der Waals surface area contributed by atoms with Crippen molar-refractivity contribution < 1.29 is 9.26 Å². The monoisotopic (exact) mass is 330 g/mol. The molecule has 24 heavy (non-hydrogen) atoms. The van der Waals surface area contributed by atoms with E-state index in [4.69, 9.17) is 9.26 Å². The number of hydrogen-bond acceptors (Lipinski definition) is 8. The summed E-state index contributed by atoms with van der Waals surface area (Å²) in [5.74, 6) is 3.67. The molecule has 0 radical (unpaired) electrons. The van der Waals surface area contributed by atoms with Crippen molar-refractivity contribution in [3.63, 3.8) is 0 Å². The fourth-order valence-electron chi connectivity index (χ4n) is 2.89. The molecule has 2 aromatic rings. The number of anilines is 1. The van der Waals surface area contributed by atoms with Gasteiger partial charge < -0.3 is 14.2 Å². The van der Waals surface area contributed by atoms with Gasteiger partial charge in [0.1, 0.15) is 12.1 Å². The van der Waals surface area contributed by atoms with Crippen molar-refractivity contribution in [2.24, 2.45) is 0 Å². The minimum absolute atomic E-state index is 0.514. The molecule has 1 saturated carbocycles. The van der Waals surface area contributed by atoms with Gasteiger partial charge in [-0.1, -0.05) is 5.16 Å². The summed E-state index contributed by atoms with van der Waals surface area (Å²) in [5, 5.41) is 4.10. The number of hydrogen-bond donors (Lipinski definition) is 0. The summed E-state index contributed by atoms with van der Waals surface area (Å²) >= 11 is 0. The van der Waals surface area contributed by atoms with E-state index in [1.807, 2.05) is 13.0 Å². The zero-order valence-electron chi connectivity index (χ0n) is 13.9. The molecule has 0 unspecified atom stereocenters. The average Bonchev–Trinajstić information content (AvgIpc) is 3.36. The molecule has 2 fully saturated rings. The molecule has 0 spiro atoms. The molecule has 1 aliphatic carbocycles. The zero-order valence-corrected chi connectivity index (χ0v) is 13.9. The summed E-state index contributed by atoms with van der Waals surface area (Å²) < 4.78 is 10.8. The van der Waals surface area contributed by atoms with E-state index in [1.54, 1.807) is 6.33 Å². The number of ether oxygens (including phenoxy) is 1. The maximum absolute atomic E-state index is 5.45. The fraction of sp³-hybridized carbons (Fsp3) is 0.625. The van der Waals surface area contributed by atoms with Crippen LogP contribution >= 0.6 is 0 Å². The van der Waals surface area contributed by atoms with E-state index in [0.717, 1.165) is 50.3 Å². The molecule has 0 bridgehead atoms. The first-order valence-electron chi connectivity index (χ1n) is 8.56. The molecule has 0 N–H and O–H groups in total. The van der Waals surface area contributed by atoms with Gasteiger partial charge in [0.15, 0.2) is 5.82 Å². The molecule has 3 heterocycles. The zero-order chi connectivity index (χ0) is 16.4. The lowest BCUT2D eigenvalue weighted by Gasteiger charge is -2.34. The summed E-state index contributed by atoms with van der Waals surface area (Å²) in [4.78, 5) is 17.6. The van der Waals surface area contributed by atoms with Crippen LogP contribution in [-0.2, 0) is 6.54 Å². The molecule has 2 aromatic heterocycles. The predicted molar refractivity (Wildman–Crippen MR) is 87.0 cm³/mol. The minimum Gasteiger partial charge on any atom is -0.478 e. The molecule has 1 aliphatic heterocycles. The molecular formula is C16H22N6O2. The Morgan fingerprint density at radius 1 is 1.21 bits per heavy atom. The van der Waals surface area contributed by atoms with Crippen LogP contribution in [0.3, 0.4) is 0 Å². The molecule has 0 aromatic carbocycles. The fourth-order valence-corrected chi connectivity index (χ4v) is 2.89. The van der Waals surface area contributed by atoms with Crippen LogP contribution in [0.5, 0.6) is 5.88 Å². The van der Waals surface area contributed by atoms with Crippen molar-refractivity contribution in [3.8, 4) is 5.88 Å². The lowest BCUT2D eigenvalue weighted by Crippen LogP contribution is -2.46. The Morgan fingerprint density at radius 2 is 2.04 bits per heavy atom. The Hall–Kier alpha value is -2.22. The SMILES string of the molecule is CCOc1cc(N2CCN(Cc3noc(C4CC4)n3)CC2)ncn1. The van der Waals surface area contributed by atoms with Crippen LogP contribution in [0.4, 0.5) is 5.82 Å². The van der Waals surface area contributed by atoms with Crippen molar-refractivity contribution in [2.75, 3.05) is 37.7 Å². The van der Waals surface area contributed by atoms with Crippen LogP contribution in [0.2, 0.25) is 0 Å². The van der Waals surface area contributed by atoms with E-state index in [0.29, 0.717) is 18.4 Å². The molecule has 2 aliphatic rings. The molecule has 8 heteroatoms. The van der Waals surface area contributed by atoms with Crippen molar-refractivity contribution in [1.82, 2.24) is 25.0 Å². The van der Waals surface area contributed by atoms with E-state index in [1.165, 1.54) is 12.8 Å². The topological polar surface area (TPSA) is 80.4 Å². The lowest BCUT2D eigenvalue weighted by molar-refractivity contribution is 0.239. The molecule has 0 atom stereocenters. The van der Waals surface area contributed by atoms with Gasteiger partial charge in [-0.3, -0.25) is 4.90 Å². The standard InChI is InChI=1S/C16H22N6O2/c1-2-23-15-9-14(17-11-18-15)22-7-5-21(6-8-22)10-13-19-16(24-20-13)12-3-4-12/h9,11-12H,2-8,10H2,1H3. The van der Waals surface area contributed by atoms with Crippen LogP contribution in [0.1, 0.15) is 37.4 Å². The van der Waals surface area contributed by atoms with Crippen LogP contribution in [-0.4, -0.2) is 57.8 Å². The number of nitrogens with zero attached hydrogens (tertiary/aromatic N) is 6. The largest absolute Gasteiger partial charge is 0.478 e. The third-order valence-electron chi connectivity index (χ3n) is 4.39. The Bertz CT molecular complexity index is 679. The van der Waals surface area contributed by atoms with Crippen molar-refractivity contribution in [3.05, 3.63) is 24.1 Å². The van der Waals surface area contributed by atoms with Crippen LogP contribution < -0.4 is 9.64 Å². The molecule has 1 saturated heterocycles. The summed E-state index contributed by atoms with van der Waals surface area (Å²) in [7, 11) is 0. The summed E-state index contributed by atoms with van der Waals surface area (Å²) in [6.45, 7) is 7.03. The quantitative estimate of drug-likeness (QED) is 0.787. The van der Waals surface area contributed by atoms with Gasteiger partial charge in [0.25, 0.3) is 0 Å². The van der Waals surface area contributed by atoms with Gasteiger partial charge in [-0.25, -0.2) is 9.97 Å². The molecule has 8 nitrogen and oxygen atoms in total. The van der Waals surface area contributed by atoms with E-state index < -0.39 is 0 Å². The summed E-state index contributed by atoms with van der Waals surface area (Å²) in [5.41, 5.74) is 0.